The van der Waals surface area contributed by atoms with E-state index < -0.39 is 18.2 Å². The third-order valence-electron chi connectivity index (χ3n) is 14.0. The van der Waals surface area contributed by atoms with Crippen LogP contribution < -0.4 is 5.32 Å². The first-order valence-electron chi connectivity index (χ1n) is 30.6. The van der Waals surface area contributed by atoms with Crippen molar-refractivity contribution in [2.24, 2.45) is 0 Å². The zero-order valence-corrected chi connectivity index (χ0v) is 46.2. The van der Waals surface area contributed by atoms with Gasteiger partial charge in [0.25, 0.3) is 0 Å². The molecule has 4 N–H and O–H groups in total. The standard InChI is InChI=1S/C64H119NO4/c1-3-5-7-9-11-13-15-17-19-21-23-25-27-28-29-30-31-32-33-34-36-37-39-41-43-45-47-49-51-53-55-57-61(67)59-64(69)65-62(60-66)63(68)58-56-54-52-50-48-46-44-42-40-38-35-26-24-22-20-18-16-14-12-10-8-6-4-2/h23,25,28-29,40,42,48,50,56,58,61-63,66-68H,3-22,24,26-27,30-39,41,43-47,49,51-55,57,59-60H2,1-2H3,(H,65,69)/b25-23-,29-28-,42-40+,50-48+,58-56+. The topological polar surface area (TPSA) is 89.8 Å². The summed E-state index contributed by atoms with van der Waals surface area (Å²) in [6.45, 7) is 4.23. The molecule has 0 aromatic heterocycles. The van der Waals surface area contributed by atoms with Crippen LogP contribution in [0.3, 0.4) is 0 Å². The Morgan fingerprint density at radius 3 is 1.01 bits per heavy atom. The maximum Gasteiger partial charge on any atom is 0.222 e. The molecule has 0 aliphatic heterocycles. The molecule has 1 amide bonds. The molecule has 3 atom stereocenters. The molecule has 0 aliphatic carbocycles. The van der Waals surface area contributed by atoms with Gasteiger partial charge in [0.1, 0.15) is 0 Å². The lowest BCUT2D eigenvalue weighted by atomic mass is 10.0. The SMILES string of the molecule is CCCCCCCCCCC/C=C\C/C=C\CCCCCCCCCCCCCCCCCC(O)CC(=O)NC(CO)C(O)/C=C/CC/C=C/CC/C=C/CCCCCCCCCCCCCCC. The average Bonchev–Trinajstić information content (AvgIpc) is 3.35. The molecule has 5 nitrogen and oxygen atoms in total. The third kappa shape index (κ3) is 55.2. The van der Waals surface area contributed by atoms with Crippen molar-refractivity contribution >= 4 is 5.91 Å². The molecule has 0 heterocycles. The highest BCUT2D eigenvalue weighted by atomic mass is 16.3. The Morgan fingerprint density at radius 1 is 0.377 bits per heavy atom. The van der Waals surface area contributed by atoms with E-state index in [0.717, 1.165) is 44.9 Å². The molecule has 404 valence electrons. The van der Waals surface area contributed by atoms with Crippen LogP contribution in [-0.2, 0) is 4.79 Å². The fourth-order valence-electron chi connectivity index (χ4n) is 9.35. The number of aliphatic hydroxyl groups excluding tert-OH is 3. The summed E-state index contributed by atoms with van der Waals surface area (Å²) in [7, 11) is 0. The van der Waals surface area contributed by atoms with Crippen molar-refractivity contribution < 1.29 is 20.1 Å². The van der Waals surface area contributed by atoms with E-state index in [0.29, 0.717) is 6.42 Å². The van der Waals surface area contributed by atoms with Gasteiger partial charge >= 0.3 is 0 Å². The van der Waals surface area contributed by atoms with Gasteiger partial charge in [0.2, 0.25) is 5.91 Å². The van der Waals surface area contributed by atoms with Crippen molar-refractivity contribution in [1.82, 2.24) is 5.32 Å². The Kier molecular flexibility index (Phi) is 57.0. The van der Waals surface area contributed by atoms with E-state index in [1.807, 2.05) is 6.08 Å². The number of hydrogen-bond donors (Lipinski definition) is 4. The highest BCUT2D eigenvalue weighted by molar-refractivity contribution is 5.76. The van der Waals surface area contributed by atoms with Crippen LogP contribution in [0.4, 0.5) is 0 Å². The fraction of sp³-hybridized carbons (Fsp3) is 0.828. The third-order valence-corrected chi connectivity index (χ3v) is 14.0. The second-order valence-corrected chi connectivity index (χ2v) is 20.9. The minimum absolute atomic E-state index is 0.00170. The summed E-state index contributed by atoms with van der Waals surface area (Å²) in [5.41, 5.74) is 0. The van der Waals surface area contributed by atoms with E-state index in [2.05, 4.69) is 67.8 Å². The number of carbonyl (C=O) groups is 1. The minimum Gasteiger partial charge on any atom is -0.394 e. The second-order valence-electron chi connectivity index (χ2n) is 20.9. The number of rotatable bonds is 56. The highest BCUT2D eigenvalue weighted by Gasteiger charge is 2.20. The van der Waals surface area contributed by atoms with Gasteiger partial charge in [0.05, 0.1) is 31.3 Å². The van der Waals surface area contributed by atoms with Crippen LogP contribution in [-0.4, -0.2) is 46.1 Å². The summed E-state index contributed by atoms with van der Waals surface area (Å²) >= 11 is 0. The number of carbonyl (C=O) groups excluding carboxylic acids is 1. The number of amides is 1. The molecular formula is C64H119NO4. The highest BCUT2D eigenvalue weighted by Crippen LogP contribution is 2.17. The summed E-state index contributed by atoms with van der Waals surface area (Å²) in [6.07, 6.45) is 80.0. The maximum atomic E-state index is 12.5. The summed E-state index contributed by atoms with van der Waals surface area (Å²) < 4.78 is 0. The number of aliphatic hydroxyl groups is 3. The van der Waals surface area contributed by atoms with Crippen molar-refractivity contribution in [3.05, 3.63) is 60.8 Å². The van der Waals surface area contributed by atoms with E-state index in [9.17, 15) is 20.1 Å². The molecule has 0 aliphatic rings. The van der Waals surface area contributed by atoms with Crippen LogP contribution in [0.1, 0.15) is 316 Å². The summed E-state index contributed by atoms with van der Waals surface area (Å²) in [5, 5.41) is 33.5. The van der Waals surface area contributed by atoms with Crippen LogP contribution in [0.15, 0.2) is 60.8 Å². The van der Waals surface area contributed by atoms with Gasteiger partial charge in [-0.05, 0) is 77.0 Å². The first-order valence-corrected chi connectivity index (χ1v) is 30.6. The Balaban J connectivity index is 3.60. The van der Waals surface area contributed by atoms with Gasteiger partial charge in [0.15, 0.2) is 0 Å². The summed E-state index contributed by atoms with van der Waals surface area (Å²) in [6, 6.07) is -0.771. The van der Waals surface area contributed by atoms with Crippen molar-refractivity contribution in [1.29, 1.82) is 0 Å². The van der Waals surface area contributed by atoms with Crippen LogP contribution in [0.25, 0.3) is 0 Å². The summed E-state index contributed by atoms with van der Waals surface area (Å²) in [5.74, 6) is -0.327. The van der Waals surface area contributed by atoms with Crippen molar-refractivity contribution in [2.75, 3.05) is 6.61 Å². The van der Waals surface area contributed by atoms with Crippen molar-refractivity contribution in [3.8, 4) is 0 Å². The second kappa shape index (κ2) is 58.6. The van der Waals surface area contributed by atoms with Crippen molar-refractivity contribution in [2.45, 2.75) is 334 Å². The van der Waals surface area contributed by atoms with E-state index in [-0.39, 0.29) is 18.9 Å². The Labute approximate surface area is 430 Å². The molecule has 0 fully saturated rings. The molecule has 0 bridgehead atoms. The van der Waals surface area contributed by atoms with Crippen molar-refractivity contribution in [3.63, 3.8) is 0 Å². The molecule has 69 heavy (non-hydrogen) atoms. The predicted octanol–water partition coefficient (Wildman–Crippen LogP) is 19.3. The number of hydrogen-bond acceptors (Lipinski definition) is 4. The first-order chi connectivity index (χ1) is 34.0. The zero-order valence-electron chi connectivity index (χ0n) is 46.2. The molecule has 5 heteroatoms. The van der Waals surface area contributed by atoms with Gasteiger partial charge in [-0.2, -0.15) is 0 Å². The number of allylic oxidation sites excluding steroid dienone is 9. The summed E-state index contributed by atoms with van der Waals surface area (Å²) in [4.78, 5) is 12.5. The molecule has 0 saturated heterocycles. The smallest absolute Gasteiger partial charge is 0.222 e. The van der Waals surface area contributed by atoms with E-state index >= 15 is 0 Å². The zero-order chi connectivity index (χ0) is 50.0. The Bertz CT molecular complexity index is 1160. The van der Waals surface area contributed by atoms with Gasteiger partial charge in [-0.3, -0.25) is 4.79 Å². The quantitative estimate of drug-likeness (QED) is 0.0361. The van der Waals surface area contributed by atoms with Crippen LogP contribution in [0, 0.1) is 0 Å². The number of nitrogens with one attached hydrogen (secondary N) is 1. The largest absolute Gasteiger partial charge is 0.394 e. The average molecular weight is 967 g/mol. The Hall–Kier alpha value is -1.95. The van der Waals surface area contributed by atoms with Gasteiger partial charge in [-0.1, -0.05) is 293 Å². The normalized spacial score (nSPS) is 13.6. The molecule has 0 aromatic rings. The molecule has 3 unspecified atom stereocenters. The van der Waals surface area contributed by atoms with E-state index in [1.165, 1.54) is 244 Å². The van der Waals surface area contributed by atoms with Gasteiger partial charge in [0, 0.05) is 0 Å². The molecule has 0 spiro atoms. The first kappa shape index (κ1) is 67.0. The van der Waals surface area contributed by atoms with Gasteiger partial charge in [-0.15, -0.1) is 0 Å². The van der Waals surface area contributed by atoms with Gasteiger partial charge < -0.3 is 20.6 Å². The van der Waals surface area contributed by atoms with Gasteiger partial charge in [-0.25, -0.2) is 0 Å². The molecule has 0 rings (SSSR count). The fourth-order valence-corrected chi connectivity index (χ4v) is 9.35. The van der Waals surface area contributed by atoms with Crippen LogP contribution >= 0.6 is 0 Å². The van der Waals surface area contributed by atoms with E-state index in [1.54, 1.807) is 6.08 Å². The number of unbranched alkanes of at least 4 members (excludes halogenated alkanes) is 39. The molecule has 0 radical (unpaired) electrons. The lowest BCUT2D eigenvalue weighted by Gasteiger charge is -2.21. The minimum atomic E-state index is -0.963. The lowest BCUT2D eigenvalue weighted by molar-refractivity contribution is -0.124. The Morgan fingerprint density at radius 2 is 0.667 bits per heavy atom. The molecule has 0 aromatic carbocycles. The predicted molar refractivity (Wildman–Crippen MR) is 305 cm³/mol. The van der Waals surface area contributed by atoms with Crippen LogP contribution in [0.5, 0.6) is 0 Å². The molecule has 0 saturated carbocycles. The maximum absolute atomic E-state index is 12.5. The van der Waals surface area contributed by atoms with E-state index in [4.69, 9.17) is 0 Å². The molecular weight excluding hydrogens is 847 g/mol. The lowest BCUT2D eigenvalue weighted by Crippen LogP contribution is -2.45. The monoisotopic (exact) mass is 966 g/mol. The van der Waals surface area contributed by atoms with Crippen LogP contribution in [0.2, 0.25) is 0 Å².